The first-order valence-corrected chi connectivity index (χ1v) is 9.42. The lowest BCUT2D eigenvalue weighted by molar-refractivity contribution is -0.140. The van der Waals surface area contributed by atoms with Crippen LogP contribution in [-0.2, 0) is 22.6 Å². The van der Waals surface area contributed by atoms with Crippen molar-refractivity contribution in [1.29, 1.82) is 0 Å². The van der Waals surface area contributed by atoms with Gasteiger partial charge in [0.15, 0.2) is 0 Å². The molecule has 7 nitrogen and oxygen atoms in total. The molecular weight excluding hydrogens is 344 g/mol. The Morgan fingerprint density at radius 1 is 1.30 bits per heavy atom. The molecule has 3 fully saturated rings. The van der Waals surface area contributed by atoms with Crippen LogP contribution in [0.4, 0.5) is 0 Å². The van der Waals surface area contributed by atoms with E-state index in [2.05, 4.69) is 10.1 Å². The van der Waals surface area contributed by atoms with Gasteiger partial charge in [0.25, 0.3) is 0 Å². The lowest BCUT2D eigenvalue weighted by Gasteiger charge is -2.35. The van der Waals surface area contributed by atoms with Crippen molar-refractivity contribution >= 4 is 11.8 Å². The highest BCUT2D eigenvalue weighted by atomic mass is 16.5. The van der Waals surface area contributed by atoms with Gasteiger partial charge in [0.05, 0.1) is 24.6 Å². The van der Waals surface area contributed by atoms with Gasteiger partial charge in [-0.3, -0.25) is 14.6 Å². The number of piperidine rings is 1. The first-order valence-electron chi connectivity index (χ1n) is 9.42. The topological polar surface area (TPSA) is 79.5 Å². The summed E-state index contributed by atoms with van der Waals surface area (Å²) in [6.07, 6.45) is 5.52. The third kappa shape index (κ3) is 3.46. The molecule has 0 spiro atoms. The van der Waals surface area contributed by atoms with E-state index in [1.165, 1.54) is 0 Å². The predicted octanol–water partition coefficient (Wildman–Crippen LogP) is 1.88. The molecule has 0 radical (unpaired) electrons. The highest BCUT2D eigenvalue weighted by Gasteiger charge is 2.42. The van der Waals surface area contributed by atoms with E-state index in [9.17, 15) is 9.59 Å². The normalized spacial score (nSPS) is 22.2. The highest BCUT2D eigenvalue weighted by Crippen LogP contribution is 2.31. The van der Waals surface area contributed by atoms with Crippen molar-refractivity contribution in [1.82, 2.24) is 19.9 Å². The van der Waals surface area contributed by atoms with Gasteiger partial charge in [-0.15, -0.1) is 0 Å². The van der Waals surface area contributed by atoms with Crippen LogP contribution in [-0.4, -0.2) is 50.9 Å². The minimum absolute atomic E-state index is 0.0443. The van der Waals surface area contributed by atoms with Crippen molar-refractivity contribution in [2.24, 2.45) is 5.92 Å². The zero-order valence-electron chi connectivity index (χ0n) is 15.7. The number of amides is 2. The first-order chi connectivity index (χ1) is 13.0. The molecule has 3 aliphatic heterocycles. The molecular formula is C20H24N4O3. The summed E-state index contributed by atoms with van der Waals surface area (Å²) < 4.78 is 5.25. The van der Waals surface area contributed by atoms with Gasteiger partial charge < -0.3 is 14.3 Å². The van der Waals surface area contributed by atoms with Crippen LogP contribution in [0, 0.1) is 19.8 Å². The van der Waals surface area contributed by atoms with E-state index in [4.69, 9.17) is 4.52 Å². The number of pyridine rings is 1. The molecule has 0 aliphatic carbocycles. The molecule has 3 saturated heterocycles. The number of carbonyl (C=O) groups is 2. The number of nitrogens with zero attached hydrogens (tertiary/aromatic N) is 4. The molecule has 0 aromatic carbocycles. The minimum Gasteiger partial charge on any atom is -0.361 e. The number of carbonyl (C=O) groups excluding carboxylic acids is 2. The number of hydrogen-bond donors (Lipinski definition) is 0. The second-order valence-corrected chi connectivity index (χ2v) is 7.53. The zero-order valence-corrected chi connectivity index (χ0v) is 15.7. The SMILES string of the molecule is Cc1noc(C)c1CN1C(=O)[C@@H]2CC[C@H]1CN(C(=O)Cc1cccnc1)C2. The lowest BCUT2D eigenvalue weighted by atomic mass is 9.93. The van der Waals surface area contributed by atoms with E-state index in [-0.39, 0.29) is 23.8 Å². The molecule has 2 atom stereocenters. The first kappa shape index (κ1) is 17.7. The van der Waals surface area contributed by atoms with Crippen LogP contribution in [0.15, 0.2) is 29.0 Å². The monoisotopic (exact) mass is 368 g/mol. The van der Waals surface area contributed by atoms with E-state index in [1.807, 2.05) is 35.8 Å². The van der Waals surface area contributed by atoms with E-state index in [0.29, 0.717) is 26.1 Å². The Hall–Kier alpha value is -2.70. The van der Waals surface area contributed by atoms with E-state index >= 15 is 0 Å². The van der Waals surface area contributed by atoms with Crippen LogP contribution >= 0.6 is 0 Å². The standard InChI is InChI=1S/C20H24N4O3/c1-13-18(14(2)27-22-13)12-24-17-6-5-16(20(24)26)10-23(11-17)19(25)8-15-4-3-7-21-9-15/h3-4,7,9,16-17H,5-6,8,10-12H2,1-2H3/t16-,17+/m1/s1. The largest absolute Gasteiger partial charge is 0.361 e. The summed E-state index contributed by atoms with van der Waals surface area (Å²) in [5.74, 6) is 0.835. The summed E-state index contributed by atoms with van der Waals surface area (Å²) in [5.41, 5.74) is 2.70. The van der Waals surface area contributed by atoms with Crippen LogP contribution in [0.3, 0.4) is 0 Å². The molecule has 7 heteroatoms. The van der Waals surface area contributed by atoms with Gasteiger partial charge in [-0.05, 0) is 38.3 Å². The molecule has 142 valence electrons. The van der Waals surface area contributed by atoms with Gasteiger partial charge in [0.1, 0.15) is 5.76 Å². The van der Waals surface area contributed by atoms with Gasteiger partial charge in [0, 0.05) is 37.1 Å². The number of rotatable bonds is 4. The summed E-state index contributed by atoms with van der Waals surface area (Å²) in [6.45, 7) is 5.37. The average molecular weight is 368 g/mol. The number of aryl methyl sites for hydroxylation is 2. The quantitative estimate of drug-likeness (QED) is 0.823. The molecule has 0 unspecified atom stereocenters. The minimum atomic E-state index is -0.123. The van der Waals surface area contributed by atoms with Crippen molar-refractivity contribution in [3.05, 3.63) is 47.1 Å². The third-order valence-corrected chi connectivity index (χ3v) is 5.73. The fourth-order valence-electron chi connectivity index (χ4n) is 4.14. The number of hydrogen-bond acceptors (Lipinski definition) is 5. The van der Waals surface area contributed by atoms with Crippen molar-refractivity contribution in [2.45, 2.75) is 45.7 Å². The number of fused-ring (bicyclic) bond motifs is 4. The van der Waals surface area contributed by atoms with Crippen molar-refractivity contribution < 1.29 is 14.1 Å². The summed E-state index contributed by atoms with van der Waals surface area (Å²) >= 11 is 0. The Balaban J connectivity index is 1.51. The highest BCUT2D eigenvalue weighted by molar-refractivity contribution is 5.84. The maximum Gasteiger partial charge on any atom is 0.228 e. The molecule has 2 bridgehead atoms. The lowest BCUT2D eigenvalue weighted by Crippen LogP contribution is -2.47. The molecule has 2 aromatic rings. The number of aromatic nitrogens is 2. The van der Waals surface area contributed by atoms with Gasteiger partial charge in [-0.1, -0.05) is 11.2 Å². The molecule has 5 heterocycles. The summed E-state index contributed by atoms with van der Waals surface area (Å²) in [7, 11) is 0. The Bertz CT molecular complexity index is 829. The molecule has 2 aromatic heterocycles. The molecule has 3 aliphatic rings. The van der Waals surface area contributed by atoms with Crippen molar-refractivity contribution in [3.63, 3.8) is 0 Å². The molecule has 27 heavy (non-hydrogen) atoms. The van der Waals surface area contributed by atoms with Gasteiger partial charge in [0.2, 0.25) is 11.8 Å². The van der Waals surface area contributed by atoms with Crippen LogP contribution < -0.4 is 0 Å². The molecule has 0 saturated carbocycles. The molecule has 2 amide bonds. The van der Waals surface area contributed by atoms with Crippen LogP contribution in [0.5, 0.6) is 0 Å². The van der Waals surface area contributed by atoms with Crippen LogP contribution in [0.25, 0.3) is 0 Å². The fourth-order valence-corrected chi connectivity index (χ4v) is 4.14. The van der Waals surface area contributed by atoms with Crippen molar-refractivity contribution in [2.75, 3.05) is 13.1 Å². The fraction of sp³-hybridized carbons (Fsp3) is 0.500. The Labute approximate surface area is 158 Å². The smallest absolute Gasteiger partial charge is 0.228 e. The van der Waals surface area contributed by atoms with Gasteiger partial charge in [-0.2, -0.15) is 0 Å². The van der Waals surface area contributed by atoms with Gasteiger partial charge in [-0.25, -0.2) is 0 Å². The van der Waals surface area contributed by atoms with Crippen LogP contribution in [0.1, 0.15) is 35.4 Å². The predicted molar refractivity (Wildman–Crippen MR) is 97.6 cm³/mol. The summed E-state index contributed by atoms with van der Waals surface area (Å²) in [5, 5.41) is 4.00. The molecule has 0 N–H and O–H groups in total. The molecule has 5 rings (SSSR count). The second-order valence-electron chi connectivity index (χ2n) is 7.53. The van der Waals surface area contributed by atoms with Crippen LogP contribution in [0.2, 0.25) is 0 Å². The Morgan fingerprint density at radius 2 is 2.15 bits per heavy atom. The Kier molecular flexibility index (Phi) is 4.68. The summed E-state index contributed by atoms with van der Waals surface area (Å²) in [6, 6.07) is 3.79. The van der Waals surface area contributed by atoms with E-state index in [0.717, 1.165) is 35.4 Å². The van der Waals surface area contributed by atoms with Gasteiger partial charge >= 0.3 is 0 Å². The zero-order chi connectivity index (χ0) is 19.0. The van der Waals surface area contributed by atoms with E-state index < -0.39 is 0 Å². The Morgan fingerprint density at radius 3 is 2.85 bits per heavy atom. The van der Waals surface area contributed by atoms with Crippen molar-refractivity contribution in [3.8, 4) is 0 Å². The van der Waals surface area contributed by atoms with E-state index in [1.54, 1.807) is 12.4 Å². The third-order valence-electron chi connectivity index (χ3n) is 5.73. The maximum absolute atomic E-state index is 13.0. The summed E-state index contributed by atoms with van der Waals surface area (Å²) in [4.78, 5) is 33.7. The second kappa shape index (κ2) is 7.13. The average Bonchev–Trinajstić information content (AvgIpc) is 2.84. The maximum atomic E-state index is 13.0.